The quantitative estimate of drug-likeness (QED) is 0.650. The molecule has 0 unspecified atom stereocenters. The highest BCUT2D eigenvalue weighted by atomic mass is 15.1. The van der Waals surface area contributed by atoms with E-state index in [1.165, 1.54) is 11.4 Å². The Bertz CT molecular complexity index is 303. The van der Waals surface area contributed by atoms with Crippen LogP contribution in [0.5, 0.6) is 0 Å². The SMILES string of the molecule is CCc1nc(C)n(C(C)(C)C)c1C. The molecule has 1 aromatic rings. The third kappa shape index (κ3) is 1.77. The maximum Gasteiger partial charge on any atom is 0.106 e. The number of aryl methyl sites for hydroxylation is 2. The maximum absolute atomic E-state index is 4.56. The Kier molecular flexibility index (Phi) is 2.51. The highest BCUT2D eigenvalue weighted by Gasteiger charge is 2.19. The predicted octanol–water partition coefficient (Wildman–Crippen LogP) is 2.82. The first kappa shape index (κ1) is 10.3. The van der Waals surface area contributed by atoms with Crippen LogP contribution in [0.2, 0.25) is 0 Å². The van der Waals surface area contributed by atoms with Gasteiger partial charge in [-0.25, -0.2) is 4.98 Å². The zero-order valence-corrected chi connectivity index (χ0v) is 9.60. The van der Waals surface area contributed by atoms with Crippen molar-refractivity contribution in [3.8, 4) is 0 Å². The van der Waals surface area contributed by atoms with Crippen LogP contribution in [0.4, 0.5) is 0 Å². The standard InChI is InChI=1S/C11H20N2/c1-7-10-8(2)13(9(3)12-10)11(4,5)6/h7H2,1-6H3. The van der Waals surface area contributed by atoms with Gasteiger partial charge in [0.2, 0.25) is 0 Å². The molecule has 0 saturated heterocycles. The second kappa shape index (κ2) is 3.17. The molecule has 0 aliphatic rings. The van der Waals surface area contributed by atoms with Gasteiger partial charge in [0.25, 0.3) is 0 Å². The minimum Gasteiger partial charge on any atom is -0.327 e. The molecule has 74 valence electrons. The van der Waals surface area contributed by atoms with E-state index in [0.29, 0.717) is 0 Å². The Labute approximate surface area is 81.0 Å². The van der Waals surface area contributed by atoms with Crippen molar-refractivity contribution in [2.24, 2.45) is 0 Å². The highest BCUT2D eigenvalue weighted by Crippen LogP contribution is 2.21. The molecule has 2 heteroatoms. The van der Waals surface area contributed by atoms with Crippen molar-refractivity contribution in [1.82, 2.24) is 9.55 Å². The molecule has 1 rings (SSSR count). The second-order valence-corrected chi connectivity index (χ2v) is 4.55. The Morgan fingerprint density at radius 1 is 1.23 bits per heavy atom. The van der Waals surface area contributed by atoms with Crippen molar-refractivity contribution in [2.75, 3.05) is 0 Å². The van der Waals surface area contributed by atoms with Crippen molar-refractivity contribution < 1.29 is 0 Å². The Morgan fingerprint density at radius 2 is 1.77 bits per heavy atom. The first-order chi connectivity index (χ1) is 5.88. The van der Waals surface area contributed by atoms with E-state index in [2.05, 4.69) is 51.1 Å². The Hall–Kier alpha value is -0.790. The monoisotopic (exact) mass is 180 g/mol. The molecule has 0 aliphatic heterocycles. The van der Waals surface area contributed by atoms with Crippen LogP contribution in [0, 0.1) is 13.8 Å². The van der Waals surface area contributed by atoms with E-state index < -0.39 is 0 Å². The van der Waals surface area contributed by atoms with Gasteiger partial charge < -0.3 is 4.57 Å². The predicted molar refractivity (Wildman–Crippen MR) is 56.1 cm³/mol. The van der Waals surface area contributed by atoms with Crippen LogP contribution in [0.3, 0.4) is 0 Å². The minimum absolute atomic E-state index is 0.147. The number of rotatable bonds is 1. The van der Waals surface area contributed by atoms with Crippen LogP contribution in [0.15, 0.2) is 0 Å². The summed E-state index contributed by atoms with van der Waals surface area (Å²) in [5.74, 6) is 1.13. The van der Waals surface area contributed by atoms with Crippen LogP contribution in [0.1, 0.15) is 44.9 Å². The lowest BCUT2D eigenvalue weighted by Gasteiger charge is -2.24. The van der Waals surface area contributed by atoms with Gasteiger partial charge in [0.1, 0.15) is 5.82 Å². The summed E-state index contributed by atoms with van der Waals surface area (Å²) in [4.78, 5) is 4.56. The third-order valence-corrected chi connectivity index (χ3v) is 2.38. The Balaban J connectivity index is 3.29. The maximum atomic E-state index is 4.56. The smallest absolute Gasteiger partial charge is 0.106 e. The fourth-order valence-electron chi connectivity index (χ4n) is 2.02. The van der Waals surface area contributed by atoms with Crippen LogP contribution < -0.4 is 0 Å². The summed E-state index contributed by atoms with van der Waals surface area (Å²) in [5.41, 5.74) is 2.69. The number of hydrogen-bond donors (Lipinski definition) is 0. The molecule has 0 saturated carbocycles. The van der Waals surface area contributed by atoms with E-state index in [1.807, 2.05) is 0 Å². The molecule has 0 aliphatic carbocycles. The van der Waals surface area contributed by atoms with Gasteiger partial charge in [0.05, 0.1) is 5.69 Å². The van der Waals surface area contributed by atoms with E-state index in [1.54, 1.807) is 0 Å². The first-order valence-electron chi connectivity index (χ1n) is 4.93. The van der Waals surface area contributed by atoms with E-state index in [0.717, 1.165) is 12.2 Å². The van der Waals surface area contributed by atoms with Gasteiger partial charge in [-0.05, 0) is 41.0 Å². The van der Waals surface area contributed by atoms with Crippen molar-refractivity contribution in [3.05, 3.63) is 17.2 Å². The molecule has 2 nitrogen and oxygen atoms in total. The fraction of sp³-hybridized carbons (Fsp3) is 0.727. The summed E-state index contributed by atoms with van der Waals surface area (Å²) in [6.45, 7) is 13.0. The first-order valence-corrected chi connectivity index (χ1v) is 4.93. The number of nitrogens with zero attached hydrogens (tertiary/aromatic N) is 2. The molecule has 0 N–H and O–H groups in total. The second-order valence-electron chi connectivity index (χ2n) is 4.55. The molecule has 1 heterocycles. The highest BCUT2D eigenvalue weighted by molar-refractivity contribution is 5.17. The van der Waals surface area contributed by atoms with E-state index >= 15 is 0 Å². The van der Waals surface area contributed by atoms with Crippen LogP contribution >= 0.6 is 0 Å². The summed E-state index contributed by atoms with van der Waals surface area (Å²) in [6, 6.07) is 0. The minimum atomic E-state index is 0.147. The van der Waals surface area contributed by atoms with E-state index in [-0.39, 0.29) is 5.54 Å². The molecule has 0 spiro atoms. The number of aromatic nitrogens is 2. The summed E-state index contributed by atoms with van der Waals surface area (Å²) in [7, 11) is 0. The average Bonchev–Trinajstić information content (AvgIpc) is 2.24. The summed E-state index contributed by atoms with van der Waals surface area (Å²) >= 11 is 0. The van der Waals surface area contributed by atoms with Gasteiger partial charge in [-0.2, -0.15) is 0 Å². The van der Waals surface area contributed by atoms with E-state index in [4.69, 9.17) is 0 Å². The largest absolute Gasteiger partial charge is 0.327 e. The lowest BCUT2D eigenvalue weighted by atomic mass is 10.1. The normalized spacial score (nSPS) is 12.2. The summed E-state index contributed by atoms with van der Waals surface area (Å²) in [5, 5.41) is 0. The molecular weight excluding hydrogens is 160 g/mol. The lowest BCUT2D eigenvalue weighted by Crippen LogP contribution is -2.24. The van der Waals surface area contributed by atoms with Crippen LogP contribution in [-0.2, 0) is 12.0 Å². The number of hydrogen-bond acceptors (Lipinski definition) is 1. The van der Waals surface area contributed by atoms with Gasteiger partial charge >= 0.3 is 0 Å². The molecular formula is C11H20N2. The van der Waals surface area contributed by atoms with Gasteiger partial charge in [-0.1, -0.05) is 6.92 Å². The molecule has 0 radical (unpaired) electrons. The van der Waals surface area contributed by atoms with Gasteiger partial charge in [-0.3, -0.25) is 0 Å². The zero-order valence-electron chi connectivity index (χ0n) is 9.60. The Morgan fingerprint density at radius 3 is 2.00 bits per heavy atom. The average molecular weight is 180 g/mol. The van der Waals surface area contributed by atoms with Crippen LogP contribution in [-0.4, -0.2) is 9.55 Å². The molecule has 0 amide bonds. The molecule has 0 aromatic carbocycles. The molecule has 0 atom stereocenters. The molecule has 0 bridgehead atoms. The summed E-state index contributed by atoms with van der Waals surface area (Å²) < 4.78 is 2.31. The van der Waals surface area contributed by atoms with Crippen molar-refractivity contribution in [1.29, 1.82) is 0 Å². The van der Waals surface area contributed by atoms with Crippen molar-refractivity contribution >= 4 is 0 Å². The lowest BCUT2D eigenvalue weighted by molar-refractivity contribution is 0.380. The van der Waals surface area contributed by atoms with Crippen LogP contribution in [0.25, 0.3) is 0 Å². The fourth-order valence-corrected chi connectivity index (χ4v) is 2.02. The molecule has 1 aromatic heterocycles. The zero-order chi connectivity index (χ0) is 10.2. The van der Waals surface area contributed by atoms with E-state index in [9.17, 15) is 0 Å². The summed E-state index contributed by atoms with van der Waals surface area (Å²) in [6.07, 6.45) is 1.02. The molecule has 13 heavy (non-hydrogen) atoms. The van der Waals surface area contributed by atoms with Gasteiger partial charge in [0, 0.05) is 11.2 Å². The number of imidazole rings is 1. The van der Waals surface area contributed by atoms with Gasteiger partial charge in [-0.15, -0.1) is 0 Å². The molecule has 0 fully saturated rings. The topological polar surface area (TPSA) is 17.8 Å². The van der Waals surface area contributed by atoms with Crippen molar-refractivity contribution in [3.63, 3.8) is 0 Å². The van der Waals surface area contributed by atoms with Crippen molar-refractivity contribution in [2.45, 2.75) is 53.5 Å². The third-order valence-electron chi connectivity index (χ3n) is 2.38. The van der Waals surface area contributed by atoms with Gasteiger partial charge in [0.15, 0.2) is 0 Å².